The molecule has 0 aliphatic carbocycles. The first-order valence-electron chi connectivity index (χ1n) is 4.10. The maximum Gasteiger partial charge on any atom is 0.233 e. The van der Waals surface area contributed by atoms with E-state index in [1.165, 1.54) is 18.9 Å². The van der Waals surface area contributed by atoms with Gasteiger partial charge in [0, 0.05) is 13.1 Å². The molecule has 0 N–H and O–H groups in total. The summed E-state index contributed by atoms with van der Waals surface area (Å²) in [5.41, 5.74) is 0. The zero-order valence-electron chi connectivity index (χ0n) is 6.70. The van der Waals surface area contributed by atoms with Crippen molar-refractivity contribution in [2.24, 2.45) is 0 Å². The Hall–Kier alpha value is -1.19. The van der Waals surface area contributed by atoms with Crippen LogP contribution in [0.25, 0.3) is 0 Å². The first kappa shape index (κ1) is 7.46. The molecule has 0 aromatic carbocycles. The molecule has 0 saturated carbocycles. The average molecular weight is 167 g/mol. The van der Waals surface area contributed by atoms with Crippen molar-refractivity contribution in [1.29, 1.82) is 0 Å². The van der Waals surface area contributed by atoms with E-state index in [9.17, 15) is 4.39 Å². The van der Waals surface area contributed by atoms with Crippen molar-refractivity contribution < 1.29 is 4.39 Å². The molecule has 64 valence electrons. The Labute approximate surface area is 70.2 Å². The molecule has 3 nitrogen and oxygen atoms in total. The minimum absolute atomic E-state index is 0.516. The van der Waals surface area contributed by atoms with Gasteiger partial charge in [0.05, 0.1) is 0 Å². The monoisotopic (exact) mass is 167 g/mol. The van der Waals surface area contributed by atoms with Crippen molar-refractivity contribution in [3.8, 4) is 0 Å². The number of halogens is 1. The van der Waals surface area contributed by atoms with Crippen molar-refractivity contribution in [1.82, 2.24) is 10.2 Å². The smallest absolute Gasteiger partial charge is 0.233 e. The lowest BCUT2D eigenvalue weighted by Crippen LogP contribution is -2.19. The molecule has 1 aromatic heterocycles. The van der Waals surface area contributed by atoms with Crippen LogP contribution >= 0.6 is 0 Å². The van der Waals surface area contributed by atoms with Crippen LogP contribution in [-0.2, 0) is 0 Å². The number of hydrogen-bond acceptors (Lipinski definition) is 3. The predicted molar refractivity (Wildman–Crippen MR) is 43.4 cm³/mol. The van der Waals surface area contributed by atoms with E-state index < -0.39 is 5.95 Å². The second-order valence-electron chi connectivity index (χ2n) is 2.91. The van der Waals surface area contributed by atoms with E-state index >= 15 is 0 Å². The molecule has 1 aliphatic heterocycles. The third-order valence-electron chi connectivity index (χ3n) is 2.05. The second kappa shape index (κ2) is 3.05. The Balaban J connectivity index is 2.17. The van der Waals surface area contributed by atoms with Crippen molar-refractivity contribution in [2.45, 2.75) is 12.8 Å². The number of hydrogen-bond donors (Lipinski definition) is 0. The number of nitrogens with zero attached hydrogens (tertiary/aromatic N) is 3. The molecule has 0 spiro atoms. The molecule has 12 heavy (non-hydrogen) atoms. The number of anilines is 1. The highest BCUT2D eigenvalue weighted by Crippen LogP contribution is 2.15. The highest BCUT2D eigenvalue weighted by atomic mass is 19.1. The molecule has 0 radical (unpaired) electrons. The summed E-state index contributed by atoms with van der Waals surface area (Å²) in [4.78, 5) is 2.12. The Morgan fingerprint density at radius 1 is 1.17 bits per heavy atom. The second-order valence-corrected chi connectivity index (χ2v) is 2.91. The Bertz CT molecular complexity index is 254. The van der Waals surface area contributed by atoms with Gasteiger partial charge in [-0.1, -0.05) is 0 Å². The van der Waals surface area contributed by atoms with Gasteiger partial charge in [-0.2, -0.15) is 4.39 Å². The van der Waals surface area contributed by atoms with Crippen LogP contribution in [0.15, 0.2) is 12.1 Å². The van der Waals surface area contributed by atoms with E-state index in [1.807, 2.05) is 0 Å². The lowest BCUT2D eigenvalue weighted by molar-refractivity contribution is 0.562. The lowest BCUT2D eigenvalue weighted by atomic mass is 10.4. The molecule has 0 amide bonds. The van der Waals surface area contributed by atoms with Gasteiger partial charge in [-0.3, -0.25) is 0 Å². The zero-order valence-corrected chi connectivity index (χ0v) is 6.70. The fourth-order valence-electron chi connectivity index (χ4n) is 1.42. The Morgan fingerprint density at radius 3 is 2.50 bits per heavy atom. The topological polar surface area (TPSA) is 29.0 Å². The summed E-state index contributed by atoms with van der Waals surface area (Å²) < 4.78 is 12.4. The van der Waals surface area contributed by atoms with E-state index in [2.05, 4.69) is 15.1 Å². The molecule has 1 aromatic rings. The van der Waals surface area contributed by atoms with E-state index in [1.54, 1.807) is 6.07 Å². The third-order valence-corrected chi connectivity index (χ3v) is 2.05. The predicted octanol–water partition coefficient (Wildman–Crippen LogP) is 1.22. The van der Waals surface area contributed by atoms with Crippen LogP contribution in [0.2, 0.25) is 0 Å². The van der Waals surface area contributed by atoms with Gasteiger partial charge in [0.15, 0.2) is 5.82 Å². The maximum absolute atomic E-state index is 12.4. The highest BCUT2D eigenvalue weighted by Gasteiger charge is 2.13. The van der Waals surface area contributed by atoms with Crippen LogP contribution in [-0.4, -0.2) is 23.3 Å². The van der Waals surface area contributed by atoms with Crippen molar-refractivity contribution >= 4 is 5.82 Å². The van der Waals surface area contributed by atoms with Crippen LogP contribution in [0, 0.1) is 5.95 Å². The summed E-state index contributed by atoms with van der Waals surface area (Å²) >= 11 is 0. The third kappa shape index (κ3) is 1.37. The van der Waals surface area contributed by atoms with Gasteiger partial charge in [0.1, 0.15) is 0 Å². The van der Waals surface area contributed by atoms with Gasteiger partial charge in [0.25, 0.3) is 0 Å². The van der Waals surface area contributed by atoms with Crippen LogP contribution < -0.4 is 4.90 Å². The fourth-order valence-corrected chi connectivity index (χ4v) is 1.42. The molecule has 2 rings (SSSR count). The van der Waals surface area contributed by atoms with E-state index in [4.69, 9.17) is 0 Å². The van der Waals surface area contributed by atoms with Crippen LogP contribution in [0.4, 0.5) is 10.2 Å². The van der Waals surface area contributed by atoms with Crippen LogP contribution in [0.1, 0.15) is 12.8 Å². The van der Waals surface area contributed by atoms with E-state index in [0.717, 1.165) is 18.9 Å². The SMILES string of the molecule is Fc1ccc(N2CCCC2)nn1. The van der Waals surface area contributed by atoms with Crippen molar-refractivity contribution in [3.63, 3.8) is 0 Å². The van der Waals surface area contributed by atoms with E-state index in [-0.39, 0.29) is 0 Å². The molecule has 0 unspecified atom stereocenters. The van der Waals surface area contributed by atoms with Gasteiger partial charge in [-0.05, 0) is 25.0 Å². The van der Waals surface area contributed by atoms with Crippen LogP contribution in [0.3, 0.4) is 0 Å². The Kier molecular flexibility index (Phi) is 1.89. The summed E-state index contributed by atoms with van der Waals surface area (Å²) in [5.74, 6) is 0.270. The zero-order chi connectivity index (χ0) is 8.39. The standard InChI is InChI=1S/C8H10FN3/c9-7-3-4-8(11-10-7)12-5-1-2-6-12/h3-4H,1-2,5-6H2. The van der Waals surface area contributed by atoms with Gasteiger partial charge < -0.3 is 4.90 Å². The summed E-state index contributed by atoms with van der Waals surface area (Å²) in [7, 11) is 0. The highest BCUT2D eigenvalue weighted by molar-refractivity contribution is 5.37. The molecule has 1 saturated heterocycles. The molecule has 1 aliphatic rings. The molecule has 2 heterocycles. The lowest BCUT2D eigenvalue weighted by Gasteiger charge is -2.14. The fraction of sp³-hybridized carbons (Fsp3) is 0.500. The van der Waals surface area contributed by atoms with Crippen molar-refractivity contribution in [3.05, 3.63) is 18.1 Å². The average Bonchev–Trinajstić information content (AvgIpc) is 2.58. The molecule has 0 bridgehead atoms. The van der Waals surface area contributed by atoms with Crippen molar-refractivity contribution in [2.75, 3.05) is 18.0 Å². The summed E-state index contributed by atoms with van der Waals surface area (Å²) in [6, 6.07) is 3.02. The van der Waals surface area contributed by atoms with Gasteiger partial charge in [-0.25, -0.2) is 0 Å². The minimum atomic E-state index is -0.516. The first-order valence-corrected chi connectivity index (χ1v) is 4.10. The first-order chi connectivity index (χ1) is 5.86. The maximum atomic E-state index is 12.4. The Morgan fingerprint density at radius 2 is 1.92 bits per heavy atom. The van der Waals surface area contributed by atoms with E-state index in [0.29, 0.717) is 0 Å². The number of aromatic nitrogens is 2. The molecule has 4 heteroatoms. The summed E-state index contributed by atoms with van der Waals surface area (Å²) in [6.45, 7) is 2.03. The summed E-state index contributed by atoms with van der Waals surface area (Å²) in [6.07, 6.45) is 2.39. The molecular formula is C8H10FN3. The normalized spacial score (nSPS) is 16.9. The van der Waals surface area contributed by atoms with Gasteiger partial charge in [-0.15, -0.1) is 10.2 Å². The van der Waals surface area contributed by atoms with Gasteiger partial charge >= 0.3 is 0 Å². The molecular weight excluding hydrogens is 157 g/mol. The largest absolute Gasteiger partial charge is 0.355 e. The van der Waals surface area contributed by atoms with Crippen LogP contribution in [0.5, 0.6) is 0 Å². The molecule has 1 fully saturated rings. The quantitative estimate of drug-likeness (QED) is 0.629. The molecule has 0 atom stereocenters. The minimum Gasteiger partial charge on any atom is -0.355 e. The number of rotatable bonds is 1. The summed E-state index contributed by atoms with van der Waals surface area (Å²) in [5, 5.41) is 7.13. The van der Waals surface area contributed by atoms with Gasteiger partial charge in [0.2, 0.25) is 5.95 Å².